The predicted molar refractivity (Wildman–Crippen MR) is 105 cm³/mol. The van der Waals surface area contributed by atoms with E-state index in [4.69, 9.17) is 17.3 Å². The minimum Gasteiger partial charge on any atom is -0.368 e. The van der Waals surface area contributed by atoms with Crippen molar-refractivity contribution in [2.45, 2.75) is 12.6 Å². The van der Waals surface area contributed by atoms with Crippen molar-refractivity contribution in [3.05, 3.63) is 52.8 Å². The molecule has 0 spiro atoms. The van der Waals surface area contributed by atoms with Gasteiger partial charge in [0.2, 0.25) is 0 Å². The Bertz CT molecular complexity index is 896. The van der Waals surface area contributed by atoms with Crippen LogP contribution in [0.4, 0.5) is 23.2 Å². The fourth-order valence-electron chi connectivity index (χ4n) is 3.42. The van der Waals surface area contributed by atoms with Crippen molar-refractivity contribution < 1.29 is 22.4 Å². The number of primary amides is 1. The second-order valence-corrected chi connectivity index (χ2v) is 7.32. The lowest BCUT2D eigenvalue weighted by Gasteiger charge is -2.37. The molecule has 1 heterocycles. The van der Waals surface area contributed by atoms with E-state index >= 15 is 0 Å². The lowest BCUT2D eigenvalue weighted by Crippen LogP contribution is -2.47. The number of nitrogens with zero attached hydrogens (tertiary/aromatic N) is 2. The SMILES string of the molecule is NC(=O)c1cccc(-c2ccc(Cl)cc2N2CCN(CCC(F)(F)F)CC2)c1F. The molecule has 3 rings (SSSR count). The number of hydrogen-bond acceptors (Lipinski definition) is 3. The Kier molecular flexibility index (Phi) is 6.33. The molecule has 2 N–H and O–H groups in total. The third kappa shape index (κ3) is 5.19. The minimum atomic E-state index is -4.18. The number of halogens is 5. The van der Waals surface area contributed by atoms with Crippen LogP contribution in [0.3, 0.4) is 0 Å². The van der Waals surface area contributed by atoms with Crippen LogP contribution in [-0.2, 0) is 0 Å². The Balaban J connectivity index is 1.85. The maximum atomic E-state index is 14.9. The summed E-state index contributed by atoms with van der Waals surface area (Å²) in [5.74, 6) is -1.58. The van der Waals surface area contributed by atoms with Crippen LogP contribution < -0.4 is 10.6 Å². The first-order chi connectivity index (χ1) is 13.7. The van der Waals surface area contributed by atoms with Gasteiger partial charge in [0.05, 0.1) is 12.0 Å². The van der Waals surface area contributed by atoms with Crippen LogP contribution in [0, 0.1) is 5.82 Å². The first-order valence-electron chi connectivity index (χ1n) is 9.08. The summed E-state index contributed by atoms with van der Waals surface area (Å²) in [5.41, 5.74) is 6.45. The first kappa shape index (κ1) is 21.4. The zero-order chi connectivity index (χ0) is 21.2. The van der Waals surface area contributed by atoms with Crippen molar-refractivity contribution in [2.75, 3.05) is 37.6 Å². The second-order valence-electron chi connectivity index (χ2n) is 6.89. The van der Waals surface area contributed by atoms with Crippen LogP contribution in [0.5, 0.6) is 0 Å². The Morgan fingerprint density at radius 1 is 1.07 bits per heavy atom. The zero-order valence-electron chi connectivity index (χ0n) is 15.5. The lowest BCUT2D eigenvalue weighted by atomic mass is 9.99. The van der Waals surface area contributed by atoms with Gasteiger partial charge in [-0.1, -0.05) is 29.8 Å². The molecular formula is C20H20ClF4N3O. The number of carbonyl (C=O) groups excluding carboxylic acids is 1. The van der Waals surface area contributed by atoms with Crippen molar-refractivity contribution in [3.8, 4) is 11.1 Å². The fourth-order valence-corrected chi connectivity index (χ4v) is 3.59. The maximum Gasteiger partial charge on any atom is 0.390 e. The van der Waals surface area contributed by atoms with E-state index in [2.05, 4.69) is 0 Å². The van der Waals surface area contributed by atoms with Gasteiger partial charge in [0.15, 0.2) is 0 Å². The van der Waals surface area contributed by atoms with Crippen LogP contribution in [0.1, 0.15) is 16.8 Å². The normalized spacial score (nSPS) is 15.6. The Morgan fingerprint density at radius 3 is 2.38 bits per heavy atom. The minimum absolute atomic E-state index is 0.0466. The number of hydrogen-bond donors (Lipinski definition) is 1. The summed E-state index contributed by atoms with van der Waals surface area (Å²) < 4.78 is 52.2. The smallest absolute Gasteiger partial charge is 0.368 e. The molecular weight excluding hydrogens is 410 g/mol. The molecule has 1 saturated heterocycles. The summed E-state index contributed by atoms with van der Waals surface area (Å²) in [5, 5.41) is 0.453. The number of amides is 1. The first-order valence-corrected chi connectivity index (χ1v) is 9.46. The number of alkyl halides is 3. The Labute approximate surface area is 170 Å². The molecule has 0 aromatic heterocycles. The van der Waals surface area contributed by atoms with Crippen LogP contribution in [0.15, 0.2) is 36.4 Å². The quantitative estimate of drug-likeness (QED) is 0.720. The summed E-state index contributed by atoms with van der Waals surface area (Å²) in [7, 11) is 0. The van der Waals surface area contributed by atoms with Gasteiger partial charge >= 0.3 is 6.18 Å². The molecule has 156 valence electrons. The molecule has 1 aliphatic rings. The molecule has 29 heavy (non-hydrogen) atoms. The van der Waals surface area contributed by atoms with Gasteiger partial charge in [0.1, 0.15) is 5.82 Å². The zero-order valence-corrected chi connectivity index (χ0v) is 16.2. The average molecular weight is 430 g/mol. The third-order valence-electron chi connectivity index (χ3n) is 4.94. The van der Waals surface area contributed by atoms with Crippen molar-refractivity contribution in [1.82, 2.24) is 4.90 Å². The summed E-state index contributed by atoms with van der Waals surface area (Å²) in [6.45, 7) is 1.80. The van der Waals surface area contributed by atoms with Crippen LogP contribution in [0.2, 0.25) is 5.02 Å². The van der Waals surface area contributed by atoms with Crippen molar-refractivity contribution >= 4 is 23.2 Å². The molecule has 0 aliphatic carbocycles. The molecule has 2 aromatic carbocycles. The largest absolute Gasteiger partial charge is 0.390 e. The van der Waals surface area contributed by atoms with Crippen LogP contribution in [-0.4, -0.2) is 49.7 Å². The molecule has 9 heteroatoms. The molecule has 1 amide bonds. The van der Waals surface area contributed by atoms with E-state index in [1.165, 1.54) is 6.07 Å². The average Bonchev–Trinajstić information content (AvgIpc) is 2.66. The predicted octanol–water partition coefficient (Wildman–Crippen LogP) is 4.32. The summed E-state index contributed by atoms with van der Waals surface area (Å²) >= 11 is 6.14. The Morgan fingerprint density at radius 2 is 1.76 bits per heavy atom. The van der Waals surface area contributed by atoms with Crippen molar-refractivity contribution in [2.24, 2.45) is 5.73 Å². The van der Waals surface area contributed by atoms with Crippen LogP contribution >= 0.6 is 11.6 Å². The van der Waals surface area contributed by atoms with Crippen LogP contribution in [0.25, 0.3) is 11.1 Å². The molecule has 1 aliphatic heterocycles. The van der Waals surface area contributed by atoms with E-state index < -0.39 is 24.3 Å². The summed E-state index contributed by atoms with van der Waals surface area (Å²) in [6, 6.07) is 9.39. The molecule has 0 bridgehead atoms. The number of carbonyl (C=O) groups is 1. The number of rotatable bonds is 5. The molecule has 0 unspecified atom stereocenters. The van der Waals surface area contributed by atoms with Gasteiger partial charge in [0, 0.05) is 54.6 Å². The van der Waals surface area contributed by atoms with E-state index in [1.807, 2.05) is 4.90 Å². The summed E-state index contributed by atoms with van der Waals surface area (Å²) in [6.07, 6.45) is -5.03. The highest BCUT2D eigenvalue weighted by Gasteiger charge is 2.29. The number of anilines is 1. The second kappa shape index (κ2) is 8.59. The molecule has 2 aromatic rings. The van der Waals surface area contributed by atoms with Gasteiger partial charge < -0.3 is 10.6 Å². The molecule has 0 saturated carbocycles. The van der Waals surface area contributed by atoms with Gasteiger partial charge in [0.25, 0.3) is 5.91 Å². The van der Waals surface area contributed by atoms with E-state index in [0.29, 0.717) is 42.5 Å². The highest BCUT2D eigenvalue weighted by atomic mass is 35.5. The highest BCUT2D eigenvalue weighted by Crippen LogP contribution is 2.36. The number of nitrogens with two attached hydrogens (primary N) is 1. The highest BCUT2D eigenvalue weighted by molar-refractivity contribution is 6.31. The monoisotopic (exact) mass is 429 g/mol. The Hall–Kier alpha value is -2.32. The standard InChI is InChI=1S/C20H20ClF4N3O/c21-13-4-5-14(15-2-1-3-16(18(15)22)19(26)29)17(12-13)28-10-8-27(9-11-28)7-6-20(23,24)25/h1-5,12H,6-11H2,(H2,26,29). The van der Waals surface area contributed by atoms with Gasteiger partial charge in [-0.25, -0.2) is 4.39 Å². The number of benzene rings is 2. The summed E-state index contributed by atoms with van der Waals surface area (Å²) in [4.78, 5) is 15.2. The molecule has 0 atom stereocenters. The molecule has 1 fully saturated rings. The fraction of sp³-hybridized carbons (Fsp3) is 0.350. The molecule has 4 nitrogen and oxygen atoms in total. The van der Waals surface area contributed by atoms with Gasteiger partial charge in [-0.15, -0.1) is 0 Å². The van der Waals surface area contributed by atoms with Gasteiger partial charge in [-0.05, 0) is 18.2 Å². The number of piperazine rings is 1. The third-order valence-corrected chi connectivity index (χ3v) is 5.17. The van der Waals surface area contributed by atoms with E-state index in [0.717, 1.165) is 0 Å². The van der Waals surface area contributed by atoms with Crippen molar-refractivity contribution in [1.29, 1.82) is 0 Å². The lowest BCUT2D eigenvalue weighted by molar-refractivity contribution is -0.138. The van der Waals surface area contributed by atoms with Crippen molar-refractivity contribution in [3.63, 3.8) is 0 Å². The van der Waals surface area contributed by atoms with E-state index in [1.54, 1.807) is 35.2 Å². The maximum absolute atomic E-state index is 14.9. The van der Waals surface area contributed by atoms with E-state index in [-0.39, 0.29) is 17.7 Å². The van der Waals surface area contributed by atoms with Gasteiger partial charge in [-0.2, -0.15) is 13.2 Å². The topological polar surface area (TPSA) is 49.6 Å². The van der Waals surface area contributed by atoms with E-state index in [9.17, 15) is 22.4 Å². The van der Waals surface area contributed by atoms with Gasteiger partial charge in [-0.3, -0.25) is 9.69 Å². The molecule has 0 radical (unpaired) electrons.